The Labute approximate surface area is 127 Å². The molecule has 0 saturated heterocycles. The number of carboxylic acid groups (broad SMARTS) is 1. The van der Waals surface area contributed by atoms with Gasteiger partial charge < -0.3 is 9.90 Å². The second-order valence-electron chi connectivity index (χ2n) is 3.97. The van der Waals surface area contributed by atoms with Gasteiger partial charge in [-0.05, 0) is 23.8 Å². The van der Waals surface area contributed by atoms with Crippen LogP contribution < -0.4 is 34.7 Å². The molecule has 0 radical (unpaired) electrons. The van der Waals surface area contributed by atoms with Crippen molar-refractivity contribution in [3.63, 3.8) is 0 Å². The molecule has 1 unspecified atom stereocenters. The van der Waals surface area contributed by atoms with Crippen molar-refractivity contribution in [2.24, 2.45) is 5.92 Å². The summed E-state index contributed by atoms with van der Waals surface area (Å²) in [6.07, 6.45) is 0. The van der Waals surface area contributed by atoms with E-state index in [-0.39, 0.29) is 29.6 Å². The van der Waals surface area contributed by atoms with Gasteiger partial charge in [0.25, 0.3) is 0 Å². The summed E-state index contributed by atoms with van der Waals surface area (Å²) in [6, 6.07) is 12.8. The van der Waals surface area contributed by atoms with Crippen LogP contribution in [0.3, 0.4) is 0 Å². The molecule has 1 atom stereocenters. The number of hydrogen-bond donors (Lipinski definition) is 0. The van der Waals surface area contributed by atoms with Gasteiger partial charge in [0.2, 0.25) is 0 Å². The summed E-state index contributed by atoms with van der Waals surface area (Å²) < 4.78 is 0. The third kappa shape index (κ3) is 2.99. The Balaban J connectivity index is 0.00000162. The minimum absolute atomic E-state index is 0. The first-order valence-electron chi connectivity index (χ1n) is 5.33. The molecular formula is C14H11NaO3. The quantitative estimate of drug-likeness (QED) is 0.375. The van der Waals surface area contributed by atoms with Crippen LogP contribution in [0.4, 0.5) is 0 Å². The Morgan fingerprint density at radius 3 is 2.28 bits per heavy atom. The van der Waals surface area contributed by atoms with E-state index in [9.17, 15) is 14.7 Å². The first kappa shape index (κ1) is 14.9. The molecule has 0 aliphatic carbocycles. The number of carboxylic acids is 1. The van der Waals surface area contributed by atoms with Crippen LogP contribution in [-0.4, -0.2) is 11.8 Å². The predicted octanol–water partition coefficient (Wildman–Crippen LogP) is -1.59. The van der Waals surface area contributed by atoms with Gasteiger partial charge in [0.15, 0.2) is 5.78 Å². The molecule has 2 aromatic carbocycles. The molecule has 18 heavy (non-hydrogen) atoms. The van der Waals surface area contributed by atoms with Crippen LogP contribution in [0, 0.1) is 5.92 Å². The summed E-state index contributed by atoms with van der Waals surface area (Å²) in [5.74, 6) is -2.88. The minimum Gasteiger partial charge on any atom is -0.549 e. The molecule has 0 heterocycles. The van der Waals surface area contributed by atoms with Gasteiger partial charge in [-0.2, -0.15) is 0 Å². The average Bonchev–Trinajstić information content (AvgIpc) is 2.36. The van der Waals surface area contributed by atoms with Crippen molar-refractivity contribution in [1.82, 2.24) is 0 Å². The van der Waals surface area contributed by atoms with Crippen molar-refractivity contribution >= 4 is 22.5 Å². The first-order valence-corrected chi connectivity index (χ1v) is 5.33. The summed E-state index contributed by atoms with van der Waals surface area (Å²) in [4.78, 5) is 22.5. The summed E-state index contributed by atoms with van der Waals surface area (Å²) >= 11 is 0. The van der Waals surface area contributed by atoms with E-state index in [0.717, 1.165) is 10.8 Å². The number of hydrogen-bond acceptors (Lipinski definition) is 3. The Morgan fingerprint density at radius 1 is 1.06 bits per heavy atom. The van der Waals surface area contributed by atoms with E-state index >= 15 is 0 Å². The molecule has 0 fully saturated rings. The summed E-state index contributed by atoms with van der Waals surface area (Å²) in [5, 5.41) is 12.6. The zero-order valence-electron chi connectivity index (χ0n) is 10.3. The zero-order chi connectivity index (χ0) is 12.4. The Morgan fingerprint density at radius 2 is 1.67 bits per heavy atom. The summed E-state index contributed by atoms with van der Waals surface area (Å²) in [7, 11) is 0. The van der Waals surface area contributed by atoms with Crippen LogP contribution in [-0.2, 0) is 4.79 Å². The summed E-state index contributed by atoms with van der Waals surface area (Å²) in [6.45, 7) is 1.34. The molecule has 0 amide bonds. The molecule has 0 spiro atoms. The van der Waals surface area contributed by atoms with Gasteiger partial charge in [-0.25, -0.2) is 0 Å². The SMILES string of the molecule is CC(C(=O)[O-])C(=O)c1ccc2ccccc2c1.[Na+]. The number of carbonyl (C=O) groups excluding carboxylic acids is 2. The van der Waals surface area contributed by atoms with Crippen LogP contribution in [0.1, 0.15) is 17.3 Å². The van der Waals surface area contributed by atoms with Gasteiger partial charge in [0, 0.05) is 5.56 Å². The monoisotopic (exact) mass is 250 g/mol. The fraction of sp³-hybridized carbons (Fsp3) is 0.143. The predicted molar refractivity (Wildman–Crippen MR) is 62.4 cm³/mol. The second kappa shape index (κ2) is 6.14. The van der Waals surface area contributed by atoms with Crippen molar-refractivity contribution in [1.29, 1.82) is 0 Å². The maximum Gasteiger partial charge on any atom is 1.00 e. The fourth-order valence-electron chi connectivity index (χ4n) is 1.70. The fourth-order valence-corrected chi connectivity index (χ4v) is 1.70. The number of rotatable bonds is 3. The Hall–Kier alpha value is -1.16. The standard InChI is InChI=1S/C14H12O3.Na/c1-9(14(16)17)13(15)12-7-6-10-4-2-3-5-11(10)8-12;/h2-9H,1H3,(H,16,17);/q;+1/p-1. The third-order valence-electron chi connectivity index (χ3n) is 2.78. The molecule has 0 aliphatic heterocycles. The molecule has 0 aromatic heterocycles. The van der Waals surface area contributed by atoms with E-state index in [1.165, 1.54) is 6.92 Å². The van der Waals surface area contributed by atoms with Crippen LogP contribution in [0.15, 0.2) is 42.5 Å². The molecule has 2 aromatic rings. The van der Waals surface area contributed by atoms with E-state index in [1.807, 2.05) is 30.3 Å². The van der Waals surface area contributed by atoms with Crippen LogP contribution in [0.2, 0.25) is 0 Å². The normalized spacial score (nSPS) is 11.6. The number of Topliss-reactive ketones (excluding diaryl/α,β-unsaturated/α-hetero) is 1. The van der Waals surface area contributed by atoms with E-state index in [1.54, 1.807) is 12.1 Å². The smallest absolute Gasteiger partial charge is 0.549 e. The largest absolute Gasteiger partial charge is 1.00 e. The Bertz CT molecular complexity index is 592. The topological polar surface area (TPSA) is 57.2 Å². The molecule has 3 nitrogen and oxygen atoms in total. The Kier molecular flexibility index (Phi) is 5.08. The molecule has 0 N–H and O–H groups in total. The van der Waals surface area contributed by atoms with Crippen molar-refractivity contribution in [2.75, 3.05) is 0 Å². The maximum absolute atomic E-state index is 11.8. The van der Waals surface area contributed by atoms with E-state index in [0.29, 0.717) is 5.56 Å². The first-order chi connectivity index (χ1) is 8.09. The van der Waals surface area contributed by atoms with Gasteiger partial charge >= 0.3 is 29.6 Å². The molecular weight excluding hydrogens is 239 g/mol. The van der Waals surface area contributed by atoms with Crippen LogP contribution >= 0.6 is 0 Å². The average molecular weight is 250 g/mol. The summed E-state index contributed by atoms with van der Waals surface area (Å²) in [5.41, 5.74) is 0.403. The molecule has 0 aliphatic rings. The van der Waals surface area contributed by atoms with E-state index in [2.05, 4.69) is 0 Å². The zero-order valence-corrected chi connectivity index (χ0v) is 12.3. The van der Waals surface area contributed by atoms with Crippen LogP contribution in [0.25, 0.3) is 10.8 Å². The van der Waals surface area contributed by atoms with E-state index < -0.39 is 17.7 Å². The van der Waals surface area contributed by atoms with Gasteiger partial charge in [-0.15, -0.1) is 0 Å². The number of benzene rings is 2. The molecule has 0 bridgehead atoms. The van der Waals surface area contributed by atoms with Gasteiger partial charge in [-0.1, -0.05) is 36.4 Å². The molecule has 86 valence electrons. The minimum atomic E-state index is -1.34. The van der Waals surface area contributed by atoms with Crippen molar-refractivity contribution < 1.29 is 44.3 Å². The van der Waals surface area contributed by atoms with Crippen molar-refractivity contribution in [3.8, 4) is 0 Å². The number of fused-ring (bicyclic) bond motifs is 1. The van der Waals surface area contributed by atoms with Gasteiger partial charge in [0.1, 0.15) is 0 Å². The molecule has 2 rings (SSSR count). The molecule has 0 saturated carbocycles. The van der Waals surface area contributed by atoms with Gasteiger partial charge in [0.05, 0.1) is 11.9 Å². The number of carbonyl (C=O) groups is 2. The van der Waals surface area contributed by atoms with Gasteiger partial charge in [-0.3, -0.25) is 4.79 Å². The number of ketones is 1. The maximum atomic E-state index is 11.8. The second-order valence-corrected chi connectivity index (χ2v) is 3.97. The third-order valence-corrected chi connectivity index (χ3v) is 2.78. The molecule has 4 heteroatoms. The van der Waals surface area contributed by atoms with Crippen molar-refractivity contribution in [3.05, 3.63) is 48.0 Å². The van der Waals surface area contributed by atoms with Crippen LogP contribution in [0.5, 0.6) is 0 Å². The van der Waals surface area contributed by atoms with Crippen molar-refractivity contribution in [2.45, 2.75) is 6.92 Å². The number of aliphatic carboxylic acids is 1. The van der Waals surface area contributed by atoms with E-state index in [4.69, 9.17) is 0 Å².